The Balaban J connectivity index is 1.56. The average molecular weight is 286 g/mol. The minimum absolute atomic E-state index is 0.0179. The fourth-order valence-corrected chi connectivity index (χ4v) is 2.59. The van der Waals surface area contributed by atoms with E-state index in [1.807, 2.05) is 12.1 Å². The van der Waals surface area contributed by atoms with Crippen molar-refractivity contribution in [3.63, 3.8) is 0 Å². The number of carbonyl (C=O) groups is 1. The summed E-state index contributed by atoms with van der Waals surface area (Å²) < 4.78 is 5.22. The Bertz CT molecular complexity index is 571. The molecule has 0 unspecified atom stereocenters. The predicted molar refractivity (Wildman–Crippen MR) is 77.5 cm³/mol. The van der Waals surface area contributed by atoms with E-state index in [-0.39, 0.29) is 11.8 Å². The molecule has 2 aromatic heterocycles. The van der Waals surface area contributed by atoms with Gasteiger partial charge in [0.1, 0.15) is 11.6 Å². The van der Waals surface area contributed by atoms with E-state index in [0.29, 0.717) is 13.1 Å². The van der Waals surface area contributed by atoms with Crippen LogP contribution in [0.25, 0.3) is 0 Å². The average Bonchev–Trinajstić information content (AvgIpc) is 3.07. The Hall–Kier alpha value is -2.37. The molecule has 21 heavy (non-hydrogen) atoms. The summed E-state index contributed by atoms with van der Waals surface area (Å²) in [6.07, 6.45) is 8.56. The van der Waals surface area contributed by atoms with Crippen molar-refractivity contribution in [3.05, 3.63) is 42.7 Å². The van der Waals surface area contributed by atoms with Gasteiger partial charge in [-0.1, -0.05) is 0 Å². The molecule has 0 bridgehead atoms. The highest BCUT2D eigenvalue weighted by molar-refractivity contribution is 5.79. The van der Waals surface area contributed by atoms with Crippen LogP contribution in [0, 0.1) is 5.92 Å². The molecule has 3 rings (SSSR count). The predicted octanol–water partition coefficient (Wildman–Crippen LogP) is 1.60. The Morgan fingerprint density at radius 3 is 3.19 bits per heavy atom. The summed E-state index contributed by atoms with van der Waals surface area (Å²) in [5.74, 6) is 1.65. The summed E-state index contributed by atoms with van der Waals surface area (Å²) in [5.41, 5.74) is 0. The highest BCUT2D eigenvalue weighted by Crippen LogP contribution is 2.21. The molecule has 0 radical (unpaired) electrons. The summed E-state index contributed by atoms with van der Waals surface area (Å²) >= 11 is 0. The second-order valence-electron chi connectivity index (χ2n) is 5.15. The number of amides is 1. The molecule has 0 saturated carbocycles. The van der Waals surface area contributed by atoms with Crippen molar-refractivity contribution in [2.45, 2.75) is 19.4 Å². The molecule has 1 aliphatic rings. The molecule has 110 valence electrons. The third-order valence-corrected chi connectivity index (χ3v) is 3.68. The largest absolute Gasteiger partial charge is 0.467 e. The van der Waals surface area contributed by atoms with Crippen LogP contribution in [0.4, 0.5) is 5.82 Å². The van der Waals surface area contributed by atoms with Gasteiger partial charge in [-0.2, -0.15) is 0 Å². The molecule has 2 aromatic rings. The maximum absolute atomic E-state index is 12.3. The lowest BCUT2D eigenvalue weighted by Crippen LogP contribution is -2.43. The number of hydrogen-bond donors (Lipinski definition) is 1. The van der Waals surface area contributed by atoms with Crippen molar-refractivity contribution >= 4 is 11.7 Å². The standard InChI is InChI=1S/C15H18N4O2/c20-15(18-9-13-4-2-8-21-13)12-3-1-7-19(11-12)14-10-16-5-6-17-14/h2,4-6,8,10,12H,1,3,7,9,11H2,(H,18,20)/t12-/m0/s1. The molecule has 6 nitrogen and oxygen atoms in total. The van der Waals surface area contributed by atoms with E-state index < -0.39 is 0 Å². The topological polar surface area (TPSA) is 71.3 Å². The van der Waals surface area contributed by atoms with Gasteiger partial charge in [-0.15, -0.1) is 0 Å². The van der Waals surface area contributed by atoms with E-state index >= 15 is 0 Å². The van der Waals surface area contributed by atoms with E-state index in [0.717, 1.165) is 31.0 Å². The maximum atomic E-state index is 12.3. The molecule has 1 saturated heterocycles. The van der Waals surface area contributed by atoms with Crippen LogP contribution in [0.15, 0.2) is 41.4 Å². The van der Waals surface area contributed by atoms with Gasteiger partial charge in [-0.05, 0) is 25.0 Å². The van der Waals surface area contributed by atoms with Crippen molar-refractivity contribution in [3.8, 4) is 0 Å². The summed E-state index contributed by atoms with van der Waals surface area (Å²) in [5, 5.41) is 2.93. The normalized spacial score (nSPS) is 18.5. The zero-order valence-corrected chi connectivity index (χ0v) is 11.7. The van der Waals surface area contributed by atoms with Crippen molar-refractivity contribution in [1.29, 1.82) is 0 Å². The van der Waals surface area contributed by atoms with E-state index in [4.69, 9.17) is 4.42 Å². The fraction of sp³-hybridized carbons (Fsp3) is 0.400. The first kappa shape index (κ1) is 13.6. The van der Waals surface area contributed by atoms with Crippen LogP contribution in [0.2, 0.25) is 0 Å². The number of nitrogens with zero attached hydrogens (tertiary/aromatic N) is 3. The van der Waals surface area contributed by atoms with E-state index in [9.17, 15) is 4.79 Å². The SMILES string of the molecule is O=C(NCc1ccco1)[C@H]1CCCN(c2cnccn2)C1. The molecule has 1 aliphatic heterocycles. The highest BCUT2D eigenvalue weighted by Gasteiger charge is 2.26. The van der Waals surface area contributed by atoms with Crippen LogP contribution < -0.4 is 10.2 Å². The van der Waals surface area contributed by atoms with E-state index in [1.165, 1.54) is 0 Å². The minimum atomic E-state index is -0.0179. The third-order valence-electron chi connectivity index (χ3n) is 3.68. The summed E-state index contributed by atoms with van der Waals surface area (Å²) in [7, 11) is 0. The quantitative estimate of drug-likeness (QED) is 0.924. The second kappa shape index (κ2) is 6.39. The van der Waals surface area contributed by atoms with Gasteiger partial charge >= 0.3 is 0 Å². The van der Waals surface area contributed by atoms with Gasteiger partial charge in [0.2, 0.25) is 5.91 Å². The summed E-state index contributed by atoms with van der Waals surface area (Å²) in [6.45, 7) is 2.04. The molecular formula is C15H18N4O2. The monoisotopic (exact) mass is 286 g/mol. The Morgan fingerprint density at radius 1 is 1.48 bits per heavy atom. The van der Waals surface area contributed by atoms with Crippen LogP contribution in [0.3, 0.4) is 0 Å². The lowest BCUT2D eigenvalue weighted by Gasteiger charge is -2.32. The first-order valence-corrected chi connectivity index (χ1v) is 7.14. The van der Waals surface area contributed by atoms with Gasteiger partial charge in [0, 0.05) is 25.5 Å². The van der Waals surface area contributed by atoms with Crippen molar-refractivity contribution < 1.29 is 9.21 Å². The smallest absolute Gasteiger partial charge is 0.225 e. The molecule has 0 aliphatic carbocycles. The molecule has 1 N–H and O–H groups in total. The molecule has 6 heteroatoms. The molecule has 0 spiro atoms. The number of piperidine rings is 1. The van der Waals surface area contributed by atoms with Crippen molar-refractivity contribution in [2.75, 3.05) is 18.0 Å². The van der Waals surface area contributed by atoms with Crippen molar-refractivity contribution in [1.82, 2.24) is 15.3 Å². The molecule has 1 atom stereocenters. The summed E-state index contributed by atoms with van der Waals surface area (Å²) in [4.78, 5) is 22.8. The van der Waals surface area contributed by atoms with Gasteiger partial charge in [0.15, 0.2) is 0 Å². The number of aromatic nitrogens is 2. The van der Waals surface area contributed by atoms with Gasteiger partial charge < -0.3 is 14.6 Å². The third kappa shape index (κ3) is 3.39. The molecule has 1 amide bonds. The van der Waals surface area contributed by atoms with Crippen molar-refractivity contribution in [2.24, 2.45) is 5.92 Å². The lowest BCUT2D eigenvalue weighted by molar-refractivity contribution is -0.125. The molecule has 3 heterocycles. The first-order valence-electron chi connectivity index (χ1n) is 7.14. The number of anilines is 1. The molecule has 0 aromatic carbocycles. The lowest BCUT2D eigenvalue weighted by atomic mass is 9.97. The highest BCUT2D eigenvalue weighted by atomic mass is 16.3. The van der Waals surface area contributed by atoms with Gasteiger partial charge in [0.25, 0.3) is 0 Å². The zero-order valence-electron chi connectivity index (χ0n) is 11.7. The maximum Gasteiger partial charge on any atom is 0.225 e. The van der Waals surface area contributed by atoms with Crippen LogP contribution in [0.5, 0.6) is 0 Å². The Labute approximate surface area is 123 Å². The van der Waals surface area contributed by atoms with Gasteiger partial charge in [-0.25, -0.2) is 4.98 Å². The number of hydrogen-bond acceptors (Lipinski definition) is 5. The van der Waals surface area contributed by atoms with Crippen LogP contribution >= 0.6 is 0 Å². The second-order valence-corrected chi connectivity index (χ2v) is 5.15. The van der Waals surface area contributed by atoms with Crippen LogP contribution in [-0.2, 0) is 11.3 Å². The number of furan rings is 1. The molecular weight excluding hydrogens is 268 g/mol. The molecule has 1 fully saturated rings. The Kier molecular flexibility index (Phi) is 4.14. The van der Waals surface area contributed by atoms with E-state index in [1.54, 1.807) is 24.9 Å². The van der Waals surface area contributed by atoms with Crippen LogP contribution in [-0.4, -0.2) is 29.0 Å². The van der Waals surface area contributed by atoms with E-state index in [2.05, 4.69) is 20.2 Å². The summed E-state index contributed by atoms with van der Waals surface area (Å²) in [6, 6.07) is 3.67. The Morgan fingerprint density at radius 2 is 2.43 bits per heavy atom. The number of carbonyl (C=O) groups excluding carboxylic acids is 1. The first-order chi connectivity index (χ1) is 10.3. The van der Waals surface area contributed by atoms with Crippen LogP contribution in [0.1, 0.15) is 18.6 Å². The van der Waals surface area contributed by atoms with Gasteiger partial charge in [-0.3, -0.25) is 9.78 Å². The fourth-order valence-electron chi connectivity index (χ4n) is 2.59. The number of rotatable bonds is 4. The minimum Gasteiger partial charge on any atom is -0.467 e. The number of nitrogens with one attached hydrogen (secondary N) is 1. The van der Waals surface area contributed by atoms with Gasteiger partial charge in [0.05, 0.1) is 24.9 Å². The zero-order chi connectivity index (χ0) is 14.5.